The molecule has 1 atom stereocenters. The molecule has 0 radical (unpaired) electrons. The minimum Gasteiger partial charge on any atom is -0.492 e. The first-order valence-electron chi connectivity index (χ1n) is 18.1. The summed E-state index contributed by atoms with van der Waals surface area (Å²) in [6.45, 7) is 7.47. The fraction of sp³-hybridized carbons (Fsp3) is 0.697. The van der Waals surface area contributed by atoms with Crippen LogP contribution in [0.5, 0.6) is 5.75 Å². The van der Waals surface area contributed by atoms with Gasteiger partial charge in [-0.1, -0.05) is 0 Å². The first-order chi connectivity index (χ1) is 25.9. The van der Waals surface area contributed by atoms with Gasteiger partial charge in [-0.15, -0.1) is 0 Å². The van der Waals surface area contributed by atoms with E-state index < -0.39 is 28.9 Å². The largest absolute Gasteiger partial charge is 0.492 e. The maximum Gasteiger partial charge on any atom is 0.317 e. The molecule has 0 spiro atoms. The van der Waals surface area contributed by atoms with Gasteiger partial charge in [-0.3, -0.25) is 48.9 Å². The van der Waals surface area contributed by atoms with E-state index in [4.69, 9.17) is 4.74 Å². The van der Waals surface area contributed by atoms with E-state index in [-0.39, 0.29) is 50.9 Å². The Kier molecular flexibility index (Phi) is 23.5. The minimum absolute atomic E-state index is 0.00439. The Morgan fingerprint density at radius 3 is 1.50 bits per heavy atom. The molecule has 306 valence electrons. The van der Waals surface area contributed by atoms with Gasteiger partial charge in [0.2, 0.25) is 5.91 Å². The number of carboxylic acids is 3. The van der Waals surface area contributed by atoms with Crippen molar-refractivity contribution >= 4 is 29.5 Å². The van der Waals surface area contributed by atoms with Gasteiger partial charge in [-0.2, -0.15) is 0 Å². The maximum absolute atomic E-state index is 12.4. The topological polar surface area (TPSA) is 275 Å². The van der Waals surface area contributed by atoms with Crippen molar-refractivity contribution < 1.29 is 49.3 Å². The van der Waals surface area contributed by atoms with E-state index in [9.17, 15) is 49.7 Å². The Hall–Kier alpha value is -4.06. The number of aliphatic carboxylic acids is 3. The summed E-state index contributed by atoms with van der Waals surface area (Å²) in [5.74, 6) is -2.75. The molecule has 0 aromatic heterocycles. The lowest BCUT2D eigenvalue weighted by Crippen LogP contribution is -2.50. The summed E-state index contributed by atoms with van der Waals surface area (Å²) in [5, 5.41) is 65.1. The number of hydrogen-bond donors (Lipinski definition) is 9. The number of non-ortho nitro benzene ring substituents is 1. The average Bonchev–Trinajstić information content (AvgIpc) is 3.11. The third kappa shape index (κ3) is 22.9. The van der Waals surface area contributed by atoms with Crippen molar-refractivity contribution in [1.82, 2.24) is 46.2 Å². The average molecular weight is 771 g/mol. The molecule has 1 unspecified atom stereocenters. The SMILES string of the molecule is O=C(O)CN1CCN(CC(=O)O)CCN(CC(O)CNC(=O)CNCCNCCNCCNCCOc2ccc([N+](=O)[O-])cc2)CCN(CC(=O)O)CC1. The lowest BCUT2D eigenvalue weighted by atomic mass is 10.2. The van der Waals surface area contributed by atoms with Crippen LogP contribution in [0.3, 0.4) is 0 Å². The Balaban J connectivity index is 1.59. The van der Waals surface area contributed by atoms with Crippen LogP contribution in [0.15, 0.2) is 24.3 Å². The number of carbonyl (C=O) groups excluding carboxylic acids is 1. The van der Waals surface area contributed by atoms with Crippen LogP contribution < -0.4 is 31.3 Å². The van der Waals surface area contributed by atoms with Crippen molar-refractivity contribution in [3.63, 3.8) is 0 Å². The fourth-order valence-corrected chi connectivity index (χ4v) is 5.48. The van der Waals surface area contributed by atoms with E-state index >= 15 is 0 Å². The second-order valence-corrected chi connectivity index (χ2v) is 12.8. The molecule has 54 heavy (non-hydrogen) atoms. The summed E-state index contributed by atoms with van der Waals surface area (Å²) < 4.78 is 5.55. The number of carboxylic acid groups (broad SMARTS) is 3. The lowest BCUT2D eigenvalue weighted by molar-refractivity contribution is -0.384. The Bertz CT molecular complexity index is 1230. The maximum atomic E-state index is 12.4. The van der Waals surface area contributed by atoms with Gasteiger partial charge in [0.25, 0.3) is 5.69 Å². The van der Waals surface area contributed by atoms with Crippen molar-refractivity contribution in [2.24, 2.45) is 0 Å². The highest BCUT2D eigenvalue weighted by atomic mass is 16.6. The molecule has 0 bridgehead atoms. The molecule has 1 amide bonds. The number of amides is 1. The smallest absolute Gasteiger partial charge is 0.317 e. The van der Waals surface area contributed by atoms with Gasteiger partial charge in [-0.25, -0.2) is 0 Å². The van der Waals surface area contributed by atoms with E-state index in [1.807, 2.05) is 4.90 Å². The van der Waals surface area contributed by atoms with E-state index in [1.165, 1.54) is 12.1 Å². The van der Waals surface area contributed by atoms with Gasteiger partial charge >= 0.3 is 17.9 Å². The quantitative estimate of drug-likeness (QED) is 0.0249. The number of benzene rings is 1. The second kappa shape index (κ2) is 27.5. The molecule has 1 aliphatic heterocycles. The highest BCUT2D eigenvalue weighted by molar-refractivity contribution is 5.78. The van der Waals surface area contributed by atoms with E-state index in [0.29, 0.717) is 84.3 Å². The molecule has 2 rings (SSSR count). The predicted octanol–water partition coefficient (Wildman–Crippen LogP) is -3.72. The van der Waals surface area contributed by atoms with Crippen LogP contribution in [0.1, 0.15) is 0 Å². The summed E-state index contributed by atoms with van der Waals surface area (Å²) >= 11 is 0. The third-order valence-electron chi connectivity index (χ3n) is 8.33. The summed E-state index contributed by atoms with van der Waals surface area (Å²) in [7, 11) is 0. The van der Waals surface area contributed by atoms with Gasteiger partial charge in [0.1, 0.15) is 12.4 Å². The van der Waals surface area contributed by atoms with Gasteiger partial charge in [0.05, 0.1) is 37.2 Å². The van der Waals surface area contributed by atoms with Crippen molar-refractivity contribution in [2.45, 2.75) is 6.10 Å². The van der Waals surface area contributed by atoms with Crippen LogP contribution in [0.25, 0.3) is 0 Å². The number of hydrogen-bond acceptors (Lipinski definition) is 16. The molecule has 1 aromatic rings. The monoisotopic (exact) mass is 770 g/mol. The summed E-state index contributed by atoms with van der Waals surface area (Å²) in [5.41, 5.74) is 0.0208. The number of nitro groups is 1. The minimum atomic E-state index is -1.03. The van der Waals surface area contributed by atoms with Crippen molar-refractivity contribution in [3.8, 4) is 5.75 Å². The van der Waals surface area contributed by atoms with E-state index in [2.05, 4.69) is 26.6 Å². The van der Waals surface area contributed by atoms with Gasteiger partial charge in [0, 0.05) is 123 Å². The molecular weight excluding hydrogens is 712 g/mol. The van der Waals surface area contributed by atoms with Crippen LogP contribution in [0.2, 0.25) is 0 Å². The number of nitrogens with one attached hydrogen (secondary N) is 5. The number of nitrogens with zero attached hydrogens (tertiary/aromatic N) is 5. The van der Waals surface area contributed by atoms with Crippen LogP contribution in [0, 0.1) is 10.1 Å². The lowest BCUT2D eigenvalue weighted by Gasteiger charge is -2.33. The highest BCUT2D eigenvalue weighted by Crippen LogP contribution is 2.17. The highest BCUT2D eigenvalue weighted by Gasteiger charge is 2.21. The second-order valence-electron chi connectivity index (χ2n) is 12.8. The van der Waals surface area contributed by atoms with Crippen LogP contribution >= 0.6 is 0 Å². The number of rotatable bonds is 26. The Labute approximate surface area is 315 Å². The van der Waals surface area contributed by atoms with Gasteiger partial charge < -0.3 is 51.7 Å². The molecular formula is C33H58N10O11. The molecule has 1 saturated heterocycles. The van der Waals surface area contributed by atoms with Gasteiger partial charge in [-0.05, 0) is 12.1 Å². The Morgan fingerprint density at radius 1 is 0.667 bits per heavy atom. The molecule has 0 aliphatic carbocycles. The molecule has 1 heterocycles. The first-order valence-corrected chi connectivity index (χ1v) is 18.1. The number of aliphatic hydroxyl groups is 1. The zero-order valence-corrected chi connectivity index (χ0v) is 30.8. The summed E-state index contributed by atoms with van der Waals surface area (Å²) in [6.07, 6.45) is -0.922. The first kappa shape index (κ1) is 46.1. The predicted molar refractivity (Wildman–Crippen MR) is 198 cm³/mol. The zero-order valence-electron chi connectivity index (χ0n) is 30.8. The molecule has 1 aliphatic rings. The number of carbonyl (C=O) groups is 4. The van der Waals surface area contributed by atoms with Crippen LogP contribution in [-0.4, -0.2) is 219 Å². The van der Waals surface area contributed by atoms with Crippen molar-refractivity contribution in [3.05, 3.63) is 34.4 Å². The number of nitro benzene ring substituents is 1. The van der Waals surface area contributed by atoms with E-state index in [1.54, 1.807) is 26.8 Å². The normalized spacial score (nSPS) is 16.2. The standard InChI is InChI=1S/C33H58N10O11/c44-28(23-39-12-14-40(24-31(46)47)16-18-42(26-33(50)51)19-17-41(15-13-39)25-32(48)49)21-38-30(45)22-37-10-9-35-6-5-34-7-8-36-11-20-54-29-3-1-27(2-4-29)43(52)53/h1-4,28,34-37,44H,5-26H2,(H,38,45)(H,46,47)(H,48,49)(H,50,51). The van der Waals surface area contributed by atoms with Crippen LogP contribution in [0.4, 0.5) is 5.69 Å². The van der Waals surface area contributed by atoms with Gasteiger partial charge in [0.15, 0.2) is 0 Å². The third-order valence-corrected chi connectivity index (χ3v) is 8.33. The zero-order chi connectivity index (χ0) is 39.6. The fourth-order valence-electron chi connectivity index (χ4n) is 5.48. The summed E-state index contributed by atoms with van der Waals surface area (Å²) in [4.78, 5) is 63.9. The molecule has 1 aromatic carbocycles. The molecule has 0 saturated carbocycles. The summed E-state index contributed by atoms with van der Waals surface area (Å²) in [6, 6.07) is 5.95. The molecule has 9 N–H and O–H groups in total. The number of aliphatic hydroxyl groups excluding tert-OH is 1. The van der Waals surface area contributed by atoms with Crippen molar-refractivity contribution in [2.75, 3.05) is 144 Å². The van der Waals surface area contributed by atoms with E-state index in [0.717, 1.165) is 26.2 Å². The molecule has 21 nitrogen and oxygen atoms in total. The van der Waals surface area contributed by atoms with Crippen molar-refractivity contribution in [1.29, 1.82) is 0 Å². The molecule has 1 fully saturated rings. The molecule has 21 heteroatoms. The van der Waals surface area contributed by atoms with Crippen LogP contribution in [-0.2, 0) is 19.2 Å². The number of β-amino-alcohol motifs (C(OH)–C–C–N with tert-alkyl or cyclic N) is 1. The Morgan fingerprint density at radius 2 is 1.07 bits per heavy atom. The number of ether oxygens (including phenoxy) is 1.